The Morgan fingerprint density at radius 1 is 1.19 bits per heavy atom. The number of alkyl halides is 1. The molecule has 0 bridgehead atoms. The lowest BCUT2D eigenvalue weighted by atomic mass is 9.90. The zero-order valence-electron chi connectivity index (χ0n) is 11.5. The highest BCUT2D eigenvalue weighted by Crippen LogP contribution is 2.39. The summed E-state index contributed by atoms with van der Waals surface area (Å²) >= 11 is 6.91. The van der Waals surface area contributed by atoms with Crippen molar-refractivity contribution < 1.29 is 13.2 Å². The van der Waals surface area contributed by atoms with Crippen LogP contribution in [0.3, 0.4) is 0 Å². The van der Waals surface area contributed by atoms with Crippen molar-refractivity contribution in [1.82, 2.24) is 4.31 Å². The van der Waals surface area contributed by atoms with E-state index in [2.05, 4.69) is 31.9 Å². The van der Waals surface area contributed by atoms with Gasteiger partial charge < -0.3 is 4.74 Å². The number of benzene rings is 1. The second kappa shape index (κ2) is 5.92. The second-order valence-electron chi connectivity index (χ2n) is 5.65. The molecule has 0 radical (unpaired) electrons. The summed E-state index contributed by atoms with van der Waals surface area (Å²) in [6, 6.07) is 6.80. The van der Waals surface area contributed by atoms with Crippen LogP contribution < -0.4 is 0 Å². The Hall–Kier alpha value is 0.0500. The molecule has 2 heterocycles. The van der Waals surface area contributed by atoms with Crippen molar-refractivity contribution in [3.8, 4) is 0 Å². The molecule has 3 rings (SSSR count). The first-order valence-corrected chi connectivity index (χ1v) is 10.1. The third kappa shape index (κ3) is 3.22. The van der Waals surface area contributed by atoms with Crippen LogP contribution in [0, 0.1) is 0 Å². The molecule has 1 aromatic rings. The first-order valence-electron chi connectivity index (χ1n) is 6.95. The molecule has 0 N–H and O–H groups in total. The van der Waals surface area contributed by atoms with Gasteiger partial charge >= 0.3 is 0 Å². The van der Waals surface area contributed by atoms with Gasteiger partial charge in [-0.2, -0.15) is 4.31 Å². The van der Waals surface area contributed by atoms with E-state index in [-0.39, 0.29) is 5.60 Å². The minimum absolute atomic E-state index is 0.125. The molecule has 7 heteroatoms. The van der Waals surface area contributed by atoms with Gasteiger partial charge in [-0.1, -0.05) is 31.9 Å². The SMILES string of the molecule is O=S(=O)(c1ccc(Br)cc1)N1CCC2(CC1)C[C@H](Br)CO2. The number of hydrogen-bond acceptors (Lipinski definition) is 3. The molecule has 1 spiro atoms. The molecule has 1 atom stereocenters. The topological polar surface area (TPSA) is 46.6 Å². The summed E-state index contributed by atoms with van der Waals surface area (Å²) in [6.45, 7) is 1.77. The Balaban J connectivity index is 1.73. The average Bonchev–Trinajstić information content (AvgIpc) is 2.81. The van der Waals surface area contributed by atoms with Crippen LogP contribution in [0.1, 0.15) is 19.3 Å². The molecule has 0 unspecified atom stereocenters. The second-order valence-corrected chi connectivity index (χ2v) is 9.80. The number of ether oxygens (including phenoxy) is 1. The summed E-state index contributed by atoms with van der Waals surface area (Å²) < 4.78 is 33.6. The molecule has 0 aliphatic carbocycles. The van der Waals surface area contributed by atoms with Crippen molar-refractivity contribution in [1.29, 1.82) is 0 Å². The predicted octanol–water partition coefficient (Wildman–Crippen LogP) is 3.16. The number of hydrogen-bond donors (Lipinski definition) is 0. The van der Waals surface area contributed by atoms with Gasteiger partial charge in [0, 0.05) is 22.4 Å². The van der Waals surface area contributed by atoms with Crippen LogP contribution >= 0.6 is 31.9 Å². The molecule has 0 aromatic heterocycles. The zero-order chi connectivity index (χ0) is 15.1. The fraction of sp³-hybridized carbons (Fsp3) is 0.571. The Morgan fingerprint density at radius 2 is 1.81 bits per heavy atom. The molecule has 2 saturated heterocycles. The average molecular weight is 439 g/mol. The van der Waals surface area contributed by atoms with Crippen LogP contribution in [0.5, 0.6) is 0 Å². The summed E-state index contributed by atoms with van der Waals surface area (Å²) in [5.41, 5.74) is -0.125. The molecule has 2 aliphatic heterocycles. The van der Waals surface area contributed by atoms with E-state index >= 15 is 0 Å². The van der Waals surface area contributed by atoms with Crippen LogP contribution in [0.15, 0.2) is 33.6 Å². The van der Waals surface area contributed by atoms with Gasteiger partial charge in [0.15, 0.2) is 0 Å². The molecule has 1 aromatic carbocycles. The van der Waals surface area contributed by atoms with Crippen molar-refractivity contribution in [3.63, 3.8) is 0 Å². The van der Waals surface area contributed by atoms with E-state index in [9.17, 15) is 8.42 Å². The van der Waals surface area contributed by atoms with Gasteiger partial charge in [0.25, 0.3) is 0 Å². The molecule has 0 saturated carbocycles. The van der Waals surface area contributed by atoms with Crippen LogP contribution in [-0.2, 0) is 14.8 Å². The fourth-order valence-corrected chi connectivity index (χ4v) is 5.45. The van der Waals surface area contributed by atoms with Gasteiger partial charge in [-0.25, -0.2) is 8.42 Å². The number of sulfonamides is 1. The smallest absolute Gasteiger partial charge is 0.243 e. The van der Waals surface area contributed by atoms with Gasteiger partial charge in [0.2, 0.25) is 10.0 Å². The van der Waals surface area contributed by atoms with E-state index in [1.807, 2.05) is 0 Å². The highest BCUT2D eigenvalue weighted by molar-refractivity contribution is 9.10. The minimum Gasteiger partial charge on any atom is -0.374 e. The summed E-state index contributed by atoms with van der Waals surface area (Å²) in [5, 5.41) is 0. The first-order chi connectivity index (χ1) is 9.91. The van der Waals surface area contributed by atoms with E-state index in [1.165, 1.54) is 0 Å². The number of halogens is 2. The van der Waals surface area contributed by atoms with Gasteiger partial charge in [-0.05, 0) is 43.5 Å². The molecular weight excluding hydrogens is 422 g/mol. The summed E-state index contributed by atoms with van der Waals surface area (Å²) in [4.78, 5) is 0.750. The summed E-state index contributed by atoms with van der Waals surface area (Å²) in [5.74, 6) is 0. The Morgan fingerprint density at radius 3 is 2.33 bits per heavy atom. The largest absolute Gasteiger partial charge is 0.374 e. The van der Waals surface area contributed by atoms with Crippen molar-refractivity contribution >= 4 is 41.9 Å². The van der Waals surface area contributed by atoms with Crippen molar-refractivity contribution in [2.24, 2.45) is 0 Å². The van der Waals surface area contributed by atoms with Gasteiger partial charge in [0.05, 0.1) is 17.1 Å². The van der Waals surface area contributed by atoms with Crippen molar-refractivity contribution in [2.45, 2.75) is 34.6 Å². The Bertz CT molecular complexity index is 610. The van der Waals surface area contributed by atoms with Crippen LogP contribution in [0.25, 0.3) is 0 Å². The molecule has 0 amide bonds. The highest BCUT2D eigenvalue weighted by atomic mass is 79.9. The lowest BCUT2D eigenvalue weighted by Crippen LogP contribution is -2.46. The fourth-order valence-electron chi connectivity index (χ4n) is 3.03. The quantitative estimate of drug-likeness (QED) is 0.666. The first kappa shape index (κ1) is 15.9. The molecule has 2 aliphatic rings. The van der Waals surface area contributed by atoms with Gasteiger partial charge in [0.1, 0.15) is 0 Å². The van der Waals surface area contributed by atoms with Gasteiger partial charge in [-0.15, -0.1) is 0 Å². The van der Waals surface area contributed by atoms with Crippen LogP contribution in [0.4, 0.5) is 0 Å². The summed E-state index contributed by atoms with van der Waals surface area (Å²) in [6.07, 6.45) is 2.51. The van der Waals surface area contributed by atoms with Crippen LogP contribution in [-0.4, -0.2) is 42.8 Å². The number of piperidine rings is 1. The molecule has 116 valence electrons. The third-order valence-electron chi connectivity index (χ3n) is 4.25. The third-order valence-corrected chi connectivity index (χ3v) is 7.28. The molecule has 2 fully saturated rings. The normalized spacial score (nSPS) is 26.3. The van der Waals surface area contributed by atoms with E-state index < -0.39 is 10.0 Å². The van der Waals surface area contributed by atoms with Crippen LogP contribution in [0.2, 0.25) is 0 Å². The maximum absolute atomic E-state index is 12.6. The van der Waals surface area contributed by atoms with E-state index in [1.54, 1.807) is 28.6 Å². The standard InChI is InChI=1S/C14H17Br2NO3S/c15-11-1-3-13(4-2-11)21(18,19)17-7-5-14(6-8-17)9-12(16)10-20-14/h1-4,12H,5-10H2/t12-/m0/s1. The Kier molecular flexibility index (Phi) is 4.49. The maximum Gasteiger partial charge on any atom is 0.243 e. The maximum atomic E-state index is 12.6. The zero-order valence-corrected chi connectivity index (χ0v) is 15.5. The van der Waals surface area contributed by atoms with Crippen molar-refractivity contribution in [3.05, 3.63) is 28.7 Å². The predicted molar refractivity (Wildman–Crippen MR) is 88.1 cm³/mol. The lowest BCUT2D eigenvalue weighted by molar-refractivity contribution is -0.0308. The van der Waals surface area contributed by atoms with Gasteiger partial charge in [-0.3, -0.25) is 0 Å². The highest BCUT2D eigenvalue weighted by Gasteiger charge is 2.44. The lowest BCUT2D eigenvalue weighted by Gasteiger charge is -2.37. The molecule has 21 heavy (non-hydrogen) atoms. The van der Waals surface area contributed by atoms with E-state index in [4.69, 9.17) is 4.74 Å². The minimum atomic E-state index is -3.39. The van der Waals surface area contributed by atoms with Crippen molar-refractivity contribution in [2.75, 3.05) is 19.7 Å². The Labute approximate surface area is 142 Å². The molecule has 4 nitrogen and oxygen atoms in total. The van der Waals surface area contributed by atoms with E-state index in [0.29, 0.717) is 22.8 Å². The summed E-state index contributed by atoms with van der Waals surface area (Å²) in [7, 11) is -3.39. The number of nitrogens with zero attached hydrogens (tertiary/aromatic N) is 1. The monoisotopic (exact) mass is 437 g/mol. The van der Waals surface area contributed by atoms with E-state index in [0.717, 1.165) is 30.3 Å². The molecular formula is C14H17Br2NO3S. The number of rotatable bonds is 2.